The zero-order valence-electron chi connectivity index (χ0n) is 16.4. The third kappa shape index (κ3) is 2.97. The Morgan fingerprint density at radius 3 is 2.04 bits per heavy atom. The lowest BCUT2D eigenvalue weighted by Crippen LogP contribution is -2.07. The van der Waals surface area contributed by atoms with Gasteiger partial charge in [-0.3, -0.25) is 0 Å². The quantitative estimate of drug-likeness (QED) is 0.433. The molecular weight excluding hydrogens is 342 g/mol. The van der Waals surface area contributed by atoms with E-state index in [4.69, 9.17) is 0 Å². The highest BCUT2D eigenvalue weighted by molar-refractivity contribution is 5.91. The van der Waals surface area contributed by atoms with Crippen molar-refractivity contribution >= 4 is 10.8 Å². The molecule has 0 radical (unpaired) electrons. The maximum atomic E-state index is 4.65. The van der Waals surface area contributed by atoms with Crippen molar-refractivity contribution < 1.29 is 0 Å². The molecule has 0 atom stereocenters. The van der Waals surface area contributed by atoms with Crippen LogP contribution in [-0.2, 0) is 25.7 Å². The summed E-state index contributed by atoms with van der Waals surface area (Å²) in [4.78, 5) is 13.8. The number of aryl methyl sites for hydroxylation is 2. The van der Waals surface area contributed by atoms with Gasteiger partial charge >= 0.3 is 0 Å². The van der Waals surface area contributed by atoms with Gasteiger partial charge in [0.1, 0.15) is 17.5 Å². The monoisotopic (exact) mass is 365 g/mol. The van der Waals surface area contributed by atoms with Crippen molar-refractivity contribution in [1.82, 2.24) is 15.0 Å². The van der Waals surface area contributed by atoms with Gasteiger partial charge in [0.15, 0.2) is 0 Å². The van der Waals surface area contributed by atoms with Gasteiger partial charge in [0.05, 0.1) is 0 Å². The van der Waals surface area contributed by atoms with Crippen molar-refractivity contribution in [3.63, 3.8) is 0 Å². The molecule has 28 heavy (non-hydrogen) atoms. The van der Waals surface area contributed by atoms with E-state index in [2.05, 4.69) is 83.4 Å². The van der Waals surface area contributed by atoms with E-state index in [1.165, 1.54) is 38.6 Å². The minimum absolute atomic E-state index is 0.749. The first-order chi connectivity index (χ1) is 13.7. The van der Waals surface area contributed by atoms with E-state index in [0.29, 0.717) is 0 Å². The molecule has 0 saturated heterocycles. The molecule has 3 aromatic carbocycles. The van der Waals surface area contributed by atoms with Crippen LogP contribution in [0.3, 0.4) is 0 Å². The topological polar surface area (TPSA) is 38.7 Å². The second kappa shape index (κ2) is 6.83. The van der Waals surface area contributed by atoms with Gasteiger partial charge in [0.25, 0.3) is 0 Å². The molecule has 1 aliphatic carbocycles. The largest absolute Gasteiger partial charge is 0.218 e. The number of hydrogen-bond acceptors (Lipinski definition) is 3. The van der Waals surface area contributed by atoms with Gasteiger partial charge in [-0.15, -0.1) is 0 Å². The third-order valence-corrected chi connectivity index (χ3v) is 5.59. The van der Waals surface area contributed by atoms with Crippen molar-refractivity contribution in [2.75, 3.05) is 0 Å². The van der Waals surface area contributed by atoms with E-state index in [9.17, 15) is 0 Å². The minimum Gasteiger partial charge on any atom is -0.218 e. The maximum Gasteiger partial charge on any atom is 0.136 e. The van der Waals surface area contributed by atoms with E-state index >= 15 is 0 Å². The molecule has 0 aliphatic heterocycles. The summed E-state index contributed by atoms with van der Waals surface area (Å²) < 4.78 is 0. The second-order valence-electron chi connectivity index (χ2n) is 7.49. The van der Waals surface area contributed by atoms with Crippen LogP contribution in [0, 0.1) is 0 Å². The van der Waals surface area contributed by atoms with Crippen LogP contribution < -0.4 is 0 Å². The van der Waals surface area contributed by atoms with E-state index in [1.807, 2.05) is 0 Å². The first-order valence-electron chi connectivity index (χ1n) is 10.1. The second-order valence-corrected chi connectivity index (χ2v) is 7.49. The van der Waals surface area contributed by atoms with Crippen LogP contribution in [0.25, 0.3) is 21.9 Å². The Labute approximate surface area is 165 Å². The van der Waals surface area contributed by atoms with E-state index in [-0.39, 0.29) is 0 Å². The first-order valence-corrected chi connectivity index (χ1v) is 10.1. The highest BCUT2D eigenvalue weighted by Crippen LogP contribution is 2.39. The van der Waals surface area contributed by atoms with Crippen LogP contribution in [0.5, 0.6) is 0 Å². The highest BCUT2D eigenvalue weighted by atomic mass is 15.0. The smallest absolute Gasteiger partial charge is 0.136 e. The van der Waals surface area contributed by atoms with Gasteiger partial charge in [-0.05, 0) is 51.1 Å². The van der Waals surface area contributed by atoms with Crippen molar-refractivity contribution in [2.24, 2.45) is 0 Å². The summed E-state index contributed by atoms with van der Waals surface area (Å²) in [7, 11) is 0. The van der Waals surface area contributed by atoms with Crippen molar-refractivity contribution in [2.45, 2.75) is 39.5 Å². The molecule has 1 aromatic heterocycles. The molecule has 0 amide bonds. The van der Waals surface area contributed by atoms with Gasteiger partial charge in [-0.2, -0.15) is 0 Å². The Hall–Kier alpha value is -3.07. The molecule has 3 nitrogen and oxygen atoms in total. The molecule has 5 rings (SSSR count). The number of fused-ring (bicyclic) bond motifs is 4. The molecule has 4 aromatic rings. The normalized spacial score (nSPS) is 12.2. The standard InChI is InChI=1S/C25H23N3/c1-3-23-26-24(4-2)28-25(27-23)12-16-9-10-19-14-20-13-17-7-5-6-8-18(17)15-22(20)21(19)11-16/h5-11,13,15H,3-4,12,14H2,1-2H3. The summed E-state index contributed by atoms with van der Waals surface area (Å²) in [5.41, 5.74) is 6.82. The zero-order chi connectivity index (χ0) is 19.1. The lowest BCUT2D eigenvalue weighted by Gasteiger charge is -2.08. The van der Waals surface area contributed by atoms with Crippen molar-refractivity contribution in [3.8, 4) is 11.1 Å². The van der Waals surface area contributed by atoms with Crippen LogP contribution in [0.15, 0.2) is 54.6 Å². The van der Waals surface area contributed by atoms with Crippen molar-refractivity contribution in [3.05, 3.63) is 88.8 Å². The molecule has 0 bridgehead atoms. The molecular formula is C25H23N3. The van der Waals surface area contributed by atoms with Crippen LogP contribution in [0.1, 0.15) is 48.0 Å². The molecule has 0 unspecified atom stereocenters. The Morgan fingerprint density at radius 1 is 0.679 bits per heavy atom. The maximum absolute atomic E-state index is 4.65. The zero-order valence-corrected chi connectivity index (χ0v) is 16.4. The van der Waals surface area contributed by atoms with E-state index < -0.39 is 0 Å². The van der Waals surface area contributed by atoms with E-state index in [0.717, 1.165) is 43.2 Å². The predicted octanol–water partition coefficient (Wildman–Crippen LogP) is 5.31. The minimum atomic E-state index is 0.749. The molecule has 1 aliphatic rings. The van der Waals surface area contributed by atoms with Gasteiger partial charge in [-0.1, -0.05) is 62.4 Å². The number of aromatic nitrogens is 3. The lowest BCUT2D eigenvalue weighted by molar-refractivity contribution is 0.779. The Balaban J connectivity index is 1.53. The molecule has 0 N–H and O–H groups in total. The predicted molar refractivity (Wildman–Crippen MR) is 114 cm³/mol. The number of rotatable bonds is 4. The summed E-state index contributed by atoms with van der Waals surface area (Å²) in [6.45, 7) is 4.18. The van der Waals surface area contributed by atoms with Crippen LogP contribution in [0.4, 0.5) is 0 Å². The SMILES string of the molecule is CCc1nc(CC)nc(Cc2ccc3c(c2)-c2cc4ccccc4cc2C3)n1. The van der Waals surface area contributed by atoms with E-state index in [1.54, 1.807) is 0 Å². The Kier molecular flexibility index (Phi) is 4.16. The highest BCUT2D eigenvalue weighted by Gasteiger charge is 2.19. The molecule has 3 heteroatoms. The van der Waals surface area contributed by atoms with Gasteiger partial charge < -0.3 is 0 Å². The van der Waals surface area contributed by atoms with Gasteiger partial charge in [0.2, 0.25) is 0 Å². The fourth-order valence-corrected chi connectivity index (χ4v) is 4.13. The Morgan fingerprint density at radius 2 is 1.32 bits per heavy atom. The number of hydrogen-bond donors (Lipinski definition) is 0. The van der Waals surface area contributed by atoms with Gasteiger partial charge in [-0.25, -0.2) is 15.0 Å². The fraction of sp³-hybridized carbons (Fsp3) is 0.240. The summed E-state index contributed by atoms with van der Waals surface area (Å²) in [6.07, 6.45) is 3.44. The number of nitrogens with zero attached hydrogens (tertiary/aromatic N) is 3. The summed E-state index contributed by atoms with van der Waals surface area (Å²) in [6, 6.07) is 20.1. The molecule has 138 valence electrons. The van der Waals surface area contributed by atoms with Crippen LogP contribution in [0.2, 0.25) is 0 Å². The molecule has 0 saturated carbocycles. The van der Waals surface area contributed by atoms with Crippen LogP contribution >= 0.6 is 0 Å². The lowest BCUT2D eigenvalue weighted by atomic mass is 9.99. The molecule has 0 spiro atoms. The summed E-state index contributed by atoms with van der Waals surface area (Å²) >= 11 is 0. The summed E-state index contributed by atoms with van der Waals surface area (Å²) in [5.74, 6) is 2.65. The molecule has 1 heterocycles. The summed E-state index contributed by atoms with van der Waals surface area (Å²) in [5, 5.41) is 2.62. The third-order valence-electron chi connectivity index (χ3n) is 5.59. The average molecular weight is 365 g/mol. The van der Waals surface area contributed by atoms with Crippen molar-refractivity contribution in [1.29, 1.82) is 0 Å². The number of benzene rings is 3. The Bertz CT molecular complexity index is 1170. The van der Waals surface area contributed by atoms with Crippen LogP contribution in [-0.4, -0.2) is 15.0 Å². The van der Waals surface area contributed by atoms with Gasteiger partial charge in [0, 0.05) is 19.3 Å². The fourth-order valence-electron chi connectivity index (χ4n) is 4.13. The molecule has 0 fully saturated rings. The average Bonchev–Trinajstić information content (AvgIpc) is 3.08. The first kappa shape index (κ1) is 17.1.